The number of amides is 1. The fourth-order valence-corrected chi connectivity index (χ4v) is 3.42. The summed E-state index contributed by atoms with van der Waals surface area (Å²) in [6.07, 6.45) is -0.0241. The normalized spacial score (nSPS) is 10.6. The average Bonchev–Trinajstić information content (AvgIpc) is 2.98. The Balaban J connectivity index is 1.71. The van der Waals surface area contributed by atoms with E-state index >= 15 is 0 Å². The molecule has 0 saturated heterocycles. The maximum atomic E-state index is 13.7. The first-order valence-corrected chi connectivity index (χ1v) is 9.12. The van der Waals surface area contributed by atoms with Gasteiger partial charge in [0.25, 0.3) is 0 Å². The third-order valence-corrected chi connectivity index (χ3v) is 4.68. The molecule has 0 saturated carbocycles. The Morgan fingerprint density at radius 1 is 1.19 bits per heavy atom. The number of aromatic nitrogens is 1. The number of nitrogens with one attached hydrogen (secondary N) is 1. The molecule has 3 aromatic rings. The molecule has 0 bridgehead atoms. The van der Waals surface area contributed by atoms with Crippen molar-refractivity contribution in [3.63, 3.8) is 0 Å². The van der Waals surface area contributed by atoms with Crippen molar-refractivity contribution in [1.29, 1.82) is 0 Å². The summed E-state index contributed by atoms with van der Waals surface area (Å²) in [5.41, 5.74) is 2.14. The highest BCUT2D eigenvalue weighted by Gasteiger charge is 2.13. The van der Waals surface area contributed by atoms with Crippen LogP contribution in [0.3, 0.4) is 0 Å². The lowest BCUT2D eigenvalue weighted by Crippen LogP contribution is -2.15. The van der Waals surface area contributed by atoms with Gasteiger partial charge in [-0.15, -0.1) is 11.3 Å². The molecule has 0 aliphatic heterocycles. The first-order chi connectivity index (χ1) is 12.6. The molecule has 1 heterocycles. The van der Waals surface area contributed by atoms with Crippen LogP contribution in [-0.2, 0) is 11.2 Å². The minimum Gasteiger partial charge on any atom is -0.494 e. The molecule has 4 nitrogen and oxygen atoms in total. The number of hydrogen-bond acceptors (Lipinski definition) is 4. The molecule has 0 aliphatic rings. The quantitative estimate of drug-likeness (QED) is 0.676. The molecule has 134 valence electrons. The largest absolute Gasteiger partial charge is 0.494 e. The van der Waals surface area contributed by atoms with Gasteiger partial charge in [0.15, 0.2) is 5.13 Å². The number of ether oxygens (including phenoxy) is 1. The highest BCUT2D eigenvalue weighted by molar-refractivity contribution is 7.16. The van der Waals surface area contributed by atoms with Gasteiger partial charge in [0.1, 0.15) is 11.6 Å². The fraction of sp³-hybridized carbons (Fsp3) is 0.200. The number of anilines is 1. The van der Waals surface area contributed by atoms with Gasteiger partial charge in [0.05, 0.1) is 18.7 Å². The van der Waals surface area contributed by atoms with Crippen LogP contribution in [0.4, 0.5) is 9.52 Å². The van der Waals surface area contributed by atoms with Gasteiger partial charge in [-0.05, 0) is 49.7 Å². The maximum Gasteiger partial charge on any atom is 0.230 e. The number of benzene rings is 2. The fourth-order valence-electron chi connectivity index (χ4n) is 2.57. The van der Waals surface area contributed by atoms with Crippen molar-refractivity contribution in [2.75, 3.05) is 11.9 Å². The van der Waals surface area contributed by atoms with Crippen LogP contribution in [0.25, 0.3) is 11.3 Å². The smallest absolute Gasteiger partial charge is 0.230 e. The second-order valence-electron chi connectivity index (χ2n) is 5.70. The number of thiazole rings is 1. The molecule has 0 radical (unpaired) electrons. The maximum absolute atomic E-state index is 13.7. The average molecular weight is 370 g/mol. The van der Waals surface area contributed by atoms with Crippen molar-refractivity contribution in [2.45, 2.75) is 20.3 Å². The molecule has 1 amide bonds. The van der Waals surface area contributed by atoms with Gasteiger partial charge in [0.2, 0.25) is 5.91 Å². The molecule has 0 atom stereocenters. The van der Waals surface area contributed by atoms with E-state index in [9.17, 15) is 9.18 Å². The third-order valence-electron chi connectivity index (χ3n) is 3.79. The topological polar surface area (TPSA) is 51.2 Å². The number of carbonyl (C=O) groups excluding carboxylic acids is 1. The molecule has 3 rings (SSSR count). The Hall–Kier alpha value is -2.73. The molecule has 0 fully saturated rings. The molecular weight excluding hydrogens is 351 g/mol. The molecule has 2 aromatic carbocycles. The number of rotatable bonds is 6. The standard InChI is InChI=1S/C20H19FN2O2S/c1-3-25-16-10-8-14(9-11-16)19-13(2)26-20(23-19)22-18(24)12-15-6-4-5-7-17(15)21/h4-11H,3,12H2,1-2H3,(H,22,23,24). The predicted molar refractivity (Wildman–Crippen MR) is 102 cm³/mol. The second kappa shape index (κ2) is 8.10. The van der Waals surface area contributed by atoms with Gasteiger partial charge in [-0.1, -0.05) is 18.2 Å². The van der Waals surface area contributed by atoms with E-state index in [1.54, 1.807) is 18.2 Å². The molecule has 1 aromatic heterocycles. The Labute approximate surface area is 155 Å². The lowest BCUT2D eigenvalue weighted by Gasteiger charge is -2.04. The highest BCUT2D eigenvalue weighted by Crippen LogP contribution is 2.31. The minimum atomic E-state index is -0.381. The van der Waals surface area contributed by atoms with E-state index in [0.717, 1.165) is 21.9 Å². The van der Waals surface area contributed by atoms with Crippen molar-refractivity contribution in [2.24, 2.45) is 0 Å². The van der Waals surface area contributed by atoms with Crippen LogP contribution in [0.15, 0.2) is 48.5 Å². The molecule has 6 heteroatoms. The van der Waals surface area contributed by atoms with E-state index in [-0.39, 0.29) is 18.1 Å². The van der Waals surface area contributed by atoms with Gasteiger partial charge in [0, 0.05) is 10.4 Å². The molecule has 1 N–H and O–H groups in total. The number of nitrogens with zero attached hydrogens (tertiary/aromatic N) is 1. The Morgan fingerprint density at radius 2 is 1.92 bits per heavy atom. The van der Waals surface area contributed by atoms with Gasteiger partial charge in [-0.25, -0.2) is 9.37 Å². The van der Waals surface area contributed by atoms with Gasteiger partial charge in [-0.2, -0.15) is 0 Å². The summed E-state index contributed by atoms with van der Waals surface area (Å²) in [6.45, 7) is 4.51. The molecular formula is C20H19FN2O2S. The summed E-state index contributed by atoms with van der Waals surface area (Å²) >= 11 is 1.40. The lowest BCUT2D eigenvalue weighted by molar-refractivity contribution is -0.115. The van der Waals surface area contributed by atoms with E-state index in [2.05, 4.69) is 10.3 Å². The molecule has 0 spiro atoms. The summed E-state index contributed by atoms with van der Waals surface area (Å²) in [7, 11) is 0. The highest BCUT2D eigenvalue weighted by atomic mass is 32.1. The van der Waals surface area contributed by atoms with Crippen LogP contribution in [-0.4, -0.2) is 17.5 Å². The van der Waals surface area contributed by atoms with Crippen molar-refractivity contribution in [3.8, 4) is 17.0 Å². The lowest BCUT2D eigenvalue weighted by atomic mass is 10.1. The van der Waals surface area contributed by atoms with Crippen LogP contribution in [0.1, 0.15) is 17.4 Å². The van der Waals surface area contributed by atoms with Crippen molar-refractivity contribution in [1.82, 2.24) is 4.98 Å². The van der Waals surface area contributed by atoms with Crippen LogP contribution in [0.5, 0.6) is 5.75 Å². The Bertz CT molecular complexity index is 906. The zero-order chi connectivity index (χ0) is 18.5. The number of aryl methyl sites for hydroxylation is 1. The first-order valence-electron chi connectivity index (χ1n) is 8.30. The van der Waals surface area contributed by atoms with Crippen molar-refractivity contribution < 1.29 is 13.9 Å². The molecule has 0 aliphatic carbocycles. The monoisotopic (exact) mass is 370 g/mol. The first kappa shape index (κ1) is 18.1. The number of halogens is 1. The Kier molecular flexibility index (Phi) is 5.63. The van der Waals surface area contributed by atoms with E-state index in [1.165, 1.54) is 17.4 Å². The predicted octanol–water partition coefficient (Wildman–Crippen LogP) is 4.84. The van der Waals surface area contributed by atoms with Crippen LogP contribution < -0.4 is 10.1 Å². The van der Waals surface area contributed by atoms with Crippen LogP contribution in [0, 0.1) is 12.7 Å². The zero-order valence-corrected chi connectivity index (χ0v) is 15.4. The van der Waals surface area contributed by atoms with Crippen molar-refractivity contribution >= 4 is 22.4 Å². The van der Waals surface area contributed by atoms with Crippen molar-refractivity contribution in [3.05, 3.63) is 64.8 Å². The van der Waals surface area contributed by atoms with Gasteiger partial charge < -0.3 is 10.1 Å². The summed E-state index contributed by atoms with van der Waals surface area (Å²) in [5.74, 6) is 0.137. The van der Waals surface area contributed by atoms with Crippen LogP contribution >= 0.6 is 11.3 Å². The Morgan fingerprint density at radius 3 is 2.62 bits per heavy atom. The molecule has 0 unspecified atom stereocenters. The number of hydrogen-bond donors (Lipinski definition) is 1. The zero-order valence-electron chi connectivity index (χ0n) is 14.6. The second-order valence-corrected chi connectivity index (χ2v) is 6.90. The summed E-state index contributed by atoms with van der Waals surface area (Å²) in [4.78, 5) is 17.7. The number of carbonyl (C=O) groups is 1. The van der Waals surface area contributed by atoms with Crippen LogP contribution in [0.2, 0.25) is 0 Å². The van der Waals surface area contributed by atoms with E-state index in [0.29, 0.717) is 17.3 Å². The van der Waals surface area contributed by atoms with E-state index in [1.807, 2.05) is 38.1 Å². The summed E-state index contributed by atoms with van der Waals surface area (Å²) in [5, 5.41) is 3.26. The van der Waals surface area contributed by atoms with E-state index < -0.39 is 0 Å². The van der Waals surface area contributed by atoms with E-state index in [4.69, 9.17) is 4.74 Å². The SMILES string of the molecule is CCOc1ccc(-c2nc(NC(=O)Cc3ccccc3F)sc2C)cc1. The minimum absolute atomic E-state index is 0.0241. The molecule has 26 heavy (non-hydrogen) atoms. The summed E-state index contributed by atoms with van der Waals surface area (Å²) < 4.78 is 19.1. The van der Waals surface area contributed by atoms with Gasteiger partial charge >= 0.3 is 0 Å². The third kappa shape index (κ3) is 4.26. The summed E-state index contributed by atoms with van der Waals surface area (Å²) in [6, 6.07) is 13.9. The van der Waals surface area contributed by atoms with Gasteiger partial charge in [-0.3, -0.25) is 4.79 Å².